The number of carboxylic acids is 1. The minimum atomic E-state index is -1.28. The minimum absolute atomic E-state index is 0.273. The number of aryl methyl sites for hydroxylation is 1. The van der Waals surface area contributed by atoms with E-state index in [1.165, 1.54) is 18.2 Å². The van der Waals surface area contributed by atoms with Crippen LogP contribution < -0.4 is 5.32 Å². The highest BCUT2D eigenvalue weighted by atomic mass is 16.6. The number of hydrogen-bond acceptors (Lipinski definition) is 4. The van der Waals surface area contributed by atoms with Crippen LogP contribution in [0.15, 0.2) is 18.2 Å². The first-order valence-corrected chi connectivity index (χ1v) is 4.53. The molecule has 0 unspecified atom stereocenters. The van der Waals surface area contributed by atoms with E-state index in [-0.39, 0.29) is 11.3 Å². The molecule has 0 bridgehead atoms. The van der Waals surface area contributed by atoms with Crippen molar-refractivity contribution in [1.82, 2.24) is 5.32 Å². The summed E-state index contributed by atoms with van der Waals surface area (Å²) < 4.78 is 0. The van der Waals surface area contributed by atoms with Gasteiger partial charge in [-0.2, -0.15) is 0 Å². The van der Waals surface area contributed by atoms with Gasteiger partial charge in [0.2, 0.25) is 6.41 Å². The van der Waals surface area contributed by atoms with Crippen molar-refractivity contribution in [2.45, 2.75) is 6.92 Å². The van der Waals surface area contributed by atoms with Gasteiger partial charge in [0.1, 0.15) is 5.56 Å². The number of nitro benzene ring substituents is 1. The lowest BCUT2D eigenvalue weighted by molar-refractivity contribution is -0.385. The lowest BCUT2D eigenvalue weighted by Gasteiger charge is -1.98. The molecule has 92 valence electrons. The maximum atomic E-state index is 10.6. The predicted molar refractivity (Wildman–Crippen MR) is 59.9 cm³/mol. The van der Waals surface area contributed by atoms with Crippen LogP contribution in [0.25, 0.3) is 0 Å². The predicted octanol–water partition coefficient (Wildman–Crippen LogP) is 0.964. The Hall–Kier alpha value is -2.44. The number of nitrogens with one attached hydrogen (secondary N) is 1. The normalized spacial score (nSPS) is 8.59. The molecule has 0 aliphatic rings. The second kappa shape index (κ2) is 6.94. The van der Waals surface area contributed by atoms with Crippen molar-refractivity contribution in [3.63, 3.8) is 0 Å². The van der Waals surface area contributed by atoms with Gasteiger partial charge in [-0.15, -0.1) is 0 Å². The summed E-state index contributed by atoms with van der Waals surface area (Å²) in [6.07, 6.45) is 0.625. The summed E-state index contributed by atoms with van der Waals surface area (Å²) in [7, 11) is 1.56. The second-order valence-electron chi connectivity index (χ2n) is 2.99. The molecule has 7 heteroatoms. The SMILES string of the molecule is CNC=O.Cc1ccc([N+](=O)[O-])c(C(=O)O)c1. The number of hydrogen-bond donors (Lipinski definition) is 2. The quantitative estimate of drug-likeness (QED) is 0.464. The molecule has 0 aromatic heterocycles. The van der Waals surface area contributed by atoms with Gasteiger partial charge in [-0.05, 0) is 18.6 Å². The summed E-state index contributed by atoms with van der Waals surface area (Å²) in [6, 6.07) is 3.98. The zero-order chi connectivity index (χ0) is 13.4. The summed E-state index contributed by atoms with van der Waals surface area (Å²) in [4.78, 5) is 29.3. The summed E-state index contributed by atoms with van der Waals surface area (Å²) >= 11 is 0. The number of aromatic carboxylic acids is 1. The minimum Gasteiger partial charge on any atom is -0.477 e. The molecular formula is C10H12N2O5. The summed E-state index contributed by atoms with van der Waals surface area (Å²) in [5.74, 6) is -1.28. The lowest BCUT2D eigenvalue weighted by atomic mass is 10.1. The van der Waals surface area contributed by atoms with Crippen molar-refractivity contribution in [2.24, 2.45) is 0 Å². The highest BCUT2D eigenvalue weighted by Crippen LogP contribution is 2.19. The Morgan fingerprint density at radius 1 is 1.53 bits per heavy atom. The van der Waals surface area contributed by atoms with Crippen molar-refractivity contribution in [1.29, 1.82) is 0 Å². The van der Waals surface area contributed by atoms with Crippen LogP contribution in [0, 0.1) is 17.0 Å². The molecule has 2 N–H and O–H groups in total. The molecule has 0 radical (unpaired) electrons. The van der Waals surface area contributed by atoms with Crippen LogP contribution in [0.4, 0.5) is 5.69 Å². The van der Waals surface area contributed by atoms with E-state index >= 15 is 0 Å². The number of nitrogens with zero attached hydrogens (tertiary/aromatic N) is 1. The summed E-state index contributed by atoms with van der Waals surface area (Å²) in [5, 5.41) is 21.3. The zero-order valence-corrected chi connectivity index (χ0v) is 9.34. The van der Waals surface area contributed by atoms with Gasteiger partial charge in [-0.25, -0.2) is 4.79 Å². The standard InChI is InChI=1S/C8H7NO4.C2H5NO/c1-5-2-3-7(9(12)13)6(4-5)8(10)11;1-3-2-4/h2-4H,1H3,(H,10,11);2H,1H3,(H,3,4). The lowest BCUT2D eigenvalue weighted by Crippen LogP contribution is -2.02. The topological polar surface area (TPSA) is 110 Å². The van der Waals surface area contributed by atoms with E-state index in [0.29, 0.717) is 12.0 Å². The van der Waals surface area contributed by atoms with Crippen LogP contribution in [-0.4, -0.2) is 29.5 Å². The summed E-state index contributed by atoms with van der Waals surface area (Å²) in [6.45, 7) is 1.68. The van der Waals surface area contributed by atoms with Crippen molar-refractivity contribution < 1.29 is 19.6 Å². The average Bonchev–Trinajstić information content (AvgIpc) is 2.28. The largest absolute Gasteiger partial charge is 0.477 e. The molecule has 1 amide bonds. The van der Waals surface area contributed by atoms with Gasteiger partial charge in [0, 0.05) is 13.1 Å². The Balaban J connectivity index is 0.000000557. The number of carboxylic acid groups (broad SMARTS) is 1. The van der Waals surface area contributed by atoms with E-state index in [9.17, 15) is 14.9 Å². The maximum Gasteiger partial charge on any atom is 0.342 e. The highest BCUT2D eigenvalue weighted by molar-refractivity contribution is 5.92. The van der Waals surface area contributed by atoms with Crippen LogP contribution in [0.3, 0.4) is 0 Å². The fourth-order valence-corrected chi connectivity index (χ4v) is 0.980. The zero-order valence-electron chi connectivity index (χ0n) is 9.34. The molecule has 1 rings (SSSR count). The van der Waals surface area contributed by atoms with E-state index in [1.807, 2.05) is 0 Å². The molecule has 0 spiro atoms. The first kappa shape index (κ1) is 14.6. The number of nitro groups is 1. The molecule has 0 saturated carbocycles. The van der Waals surface area contributed by atoms with Crippen LogP contribution in [0.2, 0.25) is 0 Å². The smallest absolute Gasteiger partial charge is 0.342 e. The van der Waals surface area contributed by atoms with Gasteiger partial charge in [-0.1, -0.05) is 6.07 Å². The summed E-state index contributed by atoms with van der Waals surface area (Å²) in [5.41, 5.74) is 0.0334. The van der Waals surface area contributed by atoms with Gasteiger partial charge in [0.05, 0.1) is 4.92 Å². The molecule has 0 aliphatic heterocycles. The Morgan fingerprint density at radius 3 is 2.41 bits per heavy atom. The molecule has 0 aliphatic carbocycles. The molecular weight excluding hydrogens is 228 g/mol. The van der Waals surface area contributed by atoms with E-state index in [2.05, 4.69) is 5.32 Å². The fraction of sp³-hybridized carbons (Fsp3) is 0.200. The fourth-order valence-electron chi connectivity index (χ4n) is 0.980. The van der Waals surface area contributed by atoms with Gasteiger partial charge in [-0.3, -0.25) is 14.9 Å². The van der Waals surface area contributed by atoms with Crippen LogP contribution in [0.1, 0.15) is 15.9 Å². The van der Waals surface area contributed by atoms with Crippen molar-refractivity contribution in [3.8, 4) is 0 Å². The van der Waals surface area contributed by atoms with E-state index in [1.54, 1.807) is 14.0 Å². The van der Waals surface area contributed by atoms with Crippen molar-refractivity contribution in [2.75, 3.05) is 7.05 Å². The van der Waals surface area contributed by atoms with Gasteiger partial charge in [0.15, 0.2) is 0 Å². The van der Waals surface area contributed by atoms with Crippen LogP contribution in [0.5, 0.6) is 0 Å². The van der Waals surface area contributed by atoms with Crippen LogP contribution in [-0.2, 0) is 4.79 Å². The Bertz CT molecular complexity index is 431. The van der Waals surface area contributed by atoms with Crippen molar-refractivity contribution >= 4 is 18.1 Å². The van der Waals surface area contributed by atoms with Gasteiger partial charge < -0.3 is 10.4 Å². The number of carbonyl (C=O) groups excluding carboxylic acids is 1. The maximum absolute atomic E-state index is 10.6. The van der Waals surface area contributed by atoms with E-state index in [0.717, 1.165) is 0 Å². The second-order valence-corrected chi connectivity index (χ2v) is 2.99. The molecule has 1 aromatic carbocycles. The third-order valence-corrected chi connectivity index (χ3v) is 1.70. The Kier molecular flexibility index (Phi) is 5.94. The molecule has 0 heterocycles. The first-order valence-electron chi connectivity index (χ1n) is 4.53. The van der Waals surface area contributed by atoms with Gasteiger partial charge in [0.25, 0.3) is 5.69 Å². The Labute approximate surface area is 97.2 Å². The van der Waals surface area contributed by atoms with E-state index in [4.69, 9.17) is 9.90 Å². The number of amides is 1. The highest BCUT2D eigenvalue weighted by Gasteiger charge is 2.18. The molecule has 17 heavy (non-hydrogen) atoms. The number of carbonyl (C=O) groups is 2. The average molecular weight is 240 g/mol. The molecule has 0 saturated heterocycles. The molecule has 0 atom stereocenters. The third kappa shape index (κ3) is 4.74. The Morgan fingerprint density at radius 2 is 2.06 bits per heavy atom. The monoisotopic (exact) mass is 240 g/mol. The number of rotatable bonds is 3. The van der Waals surface area contributed by atoms with Gasteiger partial charge >= 0.3 is 5.97 Å². The number of benzene rings is 1. The van der Waals surface area contributed by atoms with E-state index < -0.39 is 10.9 Å². The third-order valence-electron chi connectivity index (χ3n) is 1.70. The molecule has 1 aromatic rings. The van der Waals surface area contributed by atoms with Crippen LogP contribution >= 0.6 is 0 Å². The molecule has 0 fully saturated rings. The van der Waals surface area contributed by atoms with Crippen molar-refractivity contribution in [3.05, 3.63) is 39.4 Å². The molecule has 7 nitrogen and oxygen atoms in total. The first-order chi connectivity index (χ1) is 7.93.